The molecule has 1 N–H and O–H groups in total. The van der Waals surface area contributed by atoms with Crippen LogP contribution in [0.5, 0.6) is 0 Å². The van der Waals surface area contributed by atoms with Crippen molar-refractivity contribution < 1.29 is 4.79 Å². The smallest absolute Gasteiger partial charge is 0.223 e. The monoisotopic (exact) mass is 351 g/mol. The third-order valence-electron chi connectivity index (χ3n) is 5.41. The number of aryl methyl sites for hydroxylation is 1. The van der Waals surface area contributed by atoms with Gasteiger partial charge in [-0.25, -0.2) is 0 Å². The van der Waals surface area contributed by atoms with Gasteiger partial charge in [0.2, 0.25) is 5.91 Å². The SMILES string of the molecule is Cc1ccccc1C1CC(C)N(CCC(=O)N2CCNCC2)C1.Cl. The Kier molecular flexibility index (Phi) is 7.08. The number of halogens is 1. The maximum Gasteiger partial charge on any atom is 0.223 e. The fourth-order valence-electron chi connectivity index (χ4n) is 3.99. The molecule has 2 saturated heterocycles. The van der Waals surface area contributed by atoms with E-state index in [4.69, 9.17) is 0 Å². The molecule has 2 atom stereocenters. The summed E-state index contributed by atoms with van der Waals surface area (Å²) in [5.41, 5.74) is 2.87. The Labute approximate surface area is 152 Å². The topological polar surface area (TPSA) is 35.6 Å². The maximum atomic E-state index is 12.3. The van der Waals surface area contributed by atoms with Crippen molar-refractivity contribution in [3.63, 3.8) is 0 Å². The second kappa shape index (κ2) is 8.84. The van der Waals surface area contributed by atoms with Gasteiger partial charge in [-0.3, -0.25) is 9.69 Å². The highest BCUT2D eigenvalue weighted by molar-refractivity contribution is 5.85. The lowest BCUT2D eigenvalue weighted by molar-refractivity contribution is -0.132. The number of amides is 1. The van der Waals surface area contributed by atoms with Gasteiger partial charge in [-0.2, -0.15) is 0 Å². The van der Waals surface area contributed by atoms with E-state index in [1.807, 2.05) is 4.90 Å². The molecule has 2 unspecified atom stereocenters. The Hall–Kier alpha value is -1.10. The number of hydrogen-bond acceptors (Lipinski definition) is 3. The lowest BCUT2D eigenvalue weighted by atomic mass is 9.93. The number of benzene rings is 1. The number of carbonyl (C=O) groups excluding carboxylic acids is 1. The quantitative estimate of drug-likeness (QED) is 0.904. The van der Waals surface area contributed by atoms with Crippen molar-refractivity contribution in [2.24, 2.45) is 0 Å². The lowest BCUT2D eigenvalue weighted by Crippen LogP contribution is -2.47. The van der Waals surface area contributed by atoms with Crippen molar-refractivity contribution in [2.75, 3.05) is 39.3 Å². The minimum Gasteiger partial charge on any atom is -0.340 e. The largest absolute Gasteiger partial charge is 0.340 e. The highest BCUT2D eigenvalue weighted by Gasteiger charge is 2.31. The van der Waals surface area contributed by atoms with Crippen LogP contribution in [0.3, 0.4) is 0 Å². The van der Waals surface area contributed by atoms with Gasteiger partial charge >= 0.3 is 0 Å². The highest BCUT2D eigenvalue weighted by Crippen LogP contribution is 2.33. The van der Waals surface area contributed by atoms with Crippen LogP contribution in [0, 0.1) is 6.92 Å². The van der Waals surface area contributed by atoms with Gasteiger partial charge in [0.05, 0.1) is 0 Å². The number of nitrogens with zero attached hydrogens (tertiary/aromatic N) is 2. The number of hydrogen-bond donors (Lipinski definition) is 1. The molecule has 0 bridgehead atoms. The van der Waals surface area contributed by atoms with Crippen LogP contribution in [0.1, 0.15) is 36.8 Å². The molecule has 1 aromatic rings. The van der Waals surface area contributed by atoms with Crippen molar-refractivity contribution in [2.45, 2.75) is 38.6 Å². The van der Waals surface area contributed by atoms with Crippen LogP contribution in [0.4, 0.5) is 0 Å². The third-order valence-corrected chi connectivity index (χ3v) is 5.41. The number of rotatable bonds is 4. The van der Waals surface area contributed by atoms with E-state index in [-0.39, 0.29) is 12.4 Å². The maximum absolute atomic E-state index is 12.3. The zero-order chi connectivity index (χ0) is 16.2. The first-order valence-corrected chi connectivity index (χ1v) is 8.93. The Balaban J connectivity index is 0.00000208. The Morgan fingerprint density at radius 1 is 1.25 bits per heavy atom. The van der Waals surface area contributed by atoms with Crippen LogP contribution in [-0.2, 0) is 4.79 Å². The van der Waals surface area contributed by atoms with E-state index in [0.29, 0.717) is 24.3 Å². The van der Waals surface area contributed by atoms with Crippen molar-refractivity contribution >= 4 is 18.3 Å². The number of nitrogens with one attached hydrogen (secondary N) is 1. The van der Waals surface area contributed by atoms with Gasteiger partial charge in [-0.1, -0.05) is 24.3 Å². The van der Waals surface area contributed by atoms with E-state index >= 15 is 0 Å². The third kappa shape index (κ3) is 4.50. The molecule has 134 valence electrons. The molecule has 3 rings (SSSR count). The van der Waals surface area contributed by atoms with Crippen molar-refractivity contribution in [1.29, 1.82) is 0 Å². The summed E-state index contributed by atoms with van der Waals surface area (Å²) >= 11 is 0. The predicted octanol–water partition coefficient (Wildman–Crippen LogP) is 2.42. The summed E-state index contributed by atoms with van der Waals surface area (Å²) in [6.07, 6.45) is 1.86. The average molecular weight is 352 g/mol. The molecule has 2 heterocycles. The Morgan fingerprint density at radius 3 is 2.67 bits per heavy atom. The lowest BCUT2D eigenvalue weighted by Gasteiger charge is -2.29. The summed E-state index contributed by atoms with van der Waals surface area (Å²) in [6.45, 7) is 10.1. The molecule has 2 aliphatic rings. The molecule has 0 aliphatic carbocycles. The molecule has 2 fully saturated rings. The predicted molar refractivity (Wildman–Crippen MR) is 101 cm³/mol. The first-order valence-electron chi connectivity index (χ1n) is 8.93. The summed E-state index contributed by atoms with van der Waals surface area (Å²) in [4.78, 5) is 16.8. The van der Waals surface area contributed by atoms with Crippen LogP contribution < -0.4 is 5.32 Å². The van der Waals surface area contributed by atoms with E-state index in [1.165, 1.54) is 17.5 Å². The van der Waals surface area contributed by atoms with Gasteiger partial charge in [-0.05, 0) is 37.3 Å². The second-order valence-corrected chi connectivity index (χ2v) is 7.01. The fraction of sp³-hybridized carbons (Fsp3) is 0.632. The molecule has 5 heteroatoms. The molecule has 2 aliphatic heterocycles. The molecule has 0 spiro atoms. The summed E-state index contributed by atoms with van der Waals surface area (Å²) in [5.74, 6) is 0.929. The Bertz CT molecular complexity index is 545. The fourth-order valence-corrected chi connectivity index (χ4v) is 3.99. The van der Waals surface area contributed by atoms with Crippen molar-refractivity contribution in [1.82, 2.24) is 15.1 Å². The number of carbonyl (C=O) groups is 1. The van der Waals surface area contributed by atoms with Gasteiger partial charge in [0.25, 0.3) is 0 Å². The molecule has 0 saturated carbocycles. The second-order valence-electron chi connectivity index (χ2n) is 7.01. The van der Waals surface area contributed by atoms with Gasteiger partial charge in [0.1, 0.15) is 0 Å². The molecule has 4 nitrogen and oxygen atoms in total. The molecule has 24 heavy (non-hydrogen) atoms. The summed E-state index contributed by atoms with van der Waals surface area (Å²) < 4.78 is 0. The van der Waals surface area contributed by atoms with Crippen LogP contribution in [0.15, 0.2) is 24.3 Å². The van der Waals surface area contributed by atoms with Crippen LogP contribution in [-0.4, -0.2) is 61.0 Å². The minimum atomic E-state index is 0. The molecule has 1 amide bonds. The standard InChI is InChI=1S/C19H29N3O.ClH/c1-15-5-3-4-6-18(15)17-13-16(2)22(14-17)10-7-19(23)21-11-8-20-9-12-21;/h3-6,16-17,20H,7-14H2,1-2H3;1H. The first-order chi connectivity index (χ1) is 11.1. The first kappa shape index (κ1) is 19.2. The number of likely N-dealkylation sites (tertiary alicyclic amines) is 1. The zero-order valence-corrected chi connectivity index (χ0v) is 15.6. The van der Waals surface area contributed by atoms with E-state index in [9.17, 15) is 4.79 Å². The molecule has 0 radical (unpaired) electrons. The van der Waals surface area contributed by atoms with Gasteiger partial charge < -0.3 is 10.2 Å². The van der Waals surface area contributed by atoms with E-state index < -0.39 is 0 Å². The summed E-state index contributed by atoms with van der Waals surface area (Å²) in [6, 6.07) is 9.29. The van der Waals surface area contributed by atoms with Crippen molar-refractivity contribution in [3.05, 3.63) is 35.4 Å². The average Bonchev–Trinajstić information content (AvgIpc) is 2.94. The molecule has 0 aromatic heterocycles. The Morgan fingerprint density at radius 2 is 1.96 bits per heavy atom. The van der Waals surface area contributed by atoms with E-state index in [0.717, 1.165) is 39.3 Å². The normalized spacial score (nSPS) is 24.7. The highest BCUT2D eigenvalue weighted by atomic mass is 35.5. The summed E-state index contributed by atoms with van der Waals surface area (Å²) in [5, 5.41) is 3.30. The van der Waals surface area contributed by atoms with E-state index in [2.05, 4.69) is 48.3 Å². The van der Waals surface area contributed by atoms with Gasteiger partial charge in [-0.15, -0.1) is 12.4 Å². The van der Waals surface area contributed by atoms with E-state index in [1.54, 1.807) is 0 Å². The van der Waals surface area contributed by atoms with Crippen LogP contribution >= 0.6 is 12.4 Å². The summed E-state index contributed by atoms with van der Waals surface area (Å²) in [7, 11) is 0. The minimum absolute atomic E-state index is 0. The van der Waals surface area contributed by atoms with Gasteiger partial charge in [0, 0.05) is 51.7 Å². The molecular weight excluding hydrogens is 322 g/mol. The number of piperazine rings is 1. The zero-order valence-electron chi connectivity index (χ0n) is 14.8. The molecule has 1 aromatic carbocycles. The van der Waals surface area contributed by atoms with Gasteiger partial charge in [0.15, 0.2) is 0 Å². The van der Waals surface area contributed by atoms with Crippen LogP contribution in [0.25, 0.3) is 0 Å². The molecular formula is C19H30ClN3O. The van der Waals surface area contributed by atoms with Crippen molar-refractivity contribution in [3.8, 4) is 0 Å². The van der Waals surface area contributed by atoms with Crippen LogP contribution in [0.2, 0.25) is 0 Å².